The van der Waals surface area contributed by atoms with Crippen molar-refractivity contribution in [1.82, 2.24) is 5.32 Å². The molecule has 14 heteroatoms. The molecule has 1 amide bonds. The number of hydrogen-bond donors (Lipinski definition) is 9. The molecule has 0 aromatic rings. The Morgan fingerprint density at radius 1 is 0.421 bits per heavy atom. The van der Waals surface area contributed by atoms with E-state index in [2.05, 4.69) is 19.2 Å². The third-order valence-corrected chi connectivity index (χ3v) is 16.3. The van der Waals surface area contributed by atoms with E-state index < -0.39 is 86.8 Å². The zero-order valence-corrected chi connectivity index (χ0v) is 48.8. The highest BCUT2D eigenvalue weighted by atomic mass is 16.7. The van der Waals surface area contributed by atoms with Crippen molar-refractivity contribution in [2.24, 2.45) is 0 Å². The Hall–Kier alpha value is -1.01. The number of amides is 1. The highest BCUT2D eigenvalue weighted by Gasteiger charge is 2.51. The van der Waals surface area contributed by atoms with E-state index in [1.54, 1.807) is 0 Å². The van der Waals surface area contributed by atoms with Gasteiger partial charge in [0.25, 0.3) is 0 Å². The van der Waals surface area contributed by atoms with Gasteiger partial charge in [-0.15, -0.1) is 0 Å². The summed E-state index contributed by atoms with van der Waals surface area (Å²) in [5, 5.41) is 87.4. The summed E-state index contributed by atoms with van der Waals surface area (Å²) in [5.74, 6) is -0.199. The molecule has 0 aromatic carbocycles. The van der Waals surface area contributed by atoms with Crippen molar-refractivity contribution in [1.29, 1.82) is 0 Å². The van der Waals surface area contributed by atoms with Crippen LogP contribution < -0.4 is 5.32 Å². The molecule has 0 bridgehead atoms. The number of ether oxygens (including phenoxy) is 4. The van der Waals surface area contributed by atoms with Gasteiger partial charge < -0.3 is 65.1 Å². The molecule has 4 unspecified atom stereocenters. The van der Waals surface area contributed by atoms with E-state index in [-0.39, 0.29) is 12.5 Å². The molecule has 0 radical (unpaired) electrons. The van der Waals surface area contributed by atoms with Crippen LogP contribution in [0.15, 0.2) is 0 Å². The Morgan fingerprint density at radius 3 is 1.12 bits per heavy atom. The van der Waals surface area contributed by atoms with Crippen molar-refractivity contribution in [2.75, 3.05) is 19.8 Å². The molecule has 14 nitrogen and oxygen atoms in total. The van der Waals surface area contributed by atoms with Crippen LogP contribution in [0.25, 0.3) is 0 Å². The molecule has 12 atom stereocenters. The fraction of sp³-hybridized carbons (Fsp3) is 0.984. The number of rotatable bonds is 53. The first kappa shape index (κ1) is 71.1. The number of carbonyl (C=O) groups excluding carboxylic acids is 1. The molecule has 0 aromatic heterocycles. The van der Waals surface area contributed by atoms with E-state index in [9.17, 15) is 45.6 Å². The average Bonchev–Trinajstić information content (AvgIpc) is 3.42. The van der Waals surface area contributed by atoms with Gasteiger partial charge in [0.1, 0.15) is 48.8 Å². The molecule has 2 aliphatic rings. The molecule has 0 saturated carbocycles. The predicted molar refractivity (Wildman–Crippen MR) is 305 cm³/mol. The Morgan fingerprint density at radius 2 is 0.750 bits per heavy atom. The molecule has 9 N–H and O–H groups in total. The normalized spacial score (nSPS) is 24.8. The van der Waals surface area contributed by atoms with Gasteiger partial charge in [0.2, 0.25) is 5.91 Å². The van der Waals surface area contributed by atoms with E-state index in [0.29, 0.717) is 12.8 Å². The average molecular weight is 1090 g/mol. The van der Waals surface area contributed by atoms with Crippen molar-refractivity contribution in [3.05, 3.63) is 0 Å². The summed E-state index contributed by atoms with van der Waals surface area (Å²) in [5.41, 5.74) is 0. The Kier molecular flexibility index (Phi) is 45.5. The number of nitrogens with one attached hydrogen (secondary N) is 1. The first-order valence-corrected chi connectivity index (χ1v) is 32.3. The van der Waals surface area contributed by atoms with Crippen LogP contribution in [0.3, 0.4) is 0 Å². The molecule has 452 valence electrons. The fourth-order valence-electron chi connectivity index (χ4n) is 11.1. The minimum absolute atomic E-state index is 0.199. The summed E-state index contributed by atoms with van der Waals surface area (Å²) < 4.78 is 22.9. The van der Waals surface area contributed by atoms with Crippen LogP contribution in [0, 0.1) is 0 Å². The maximum absolute atomic E-state index is 13.3. The zero-order chi connectivity index (χ0) is 55.3. The largest absolute Gasteiger partial charge is 0.394 e. The minimum atomic E-state index is -1.78. The van der Waals surface area contributed by atoms with Gasteiger partial charge in [-0.05, 0) is 12.8 Å². The third-order valence-electron chi connectivity index (χ3n) is 16.3. The van der Waals surface area contributed by atoms with Gasteiger partial charge in [-0.1, -0.05) is 277 Å². The van der Waals surface area contributed by atoms with Crippen molar-refractivity contribution in [3.8, 4) is 0 Å². The van der Waals surface area contributed by atoms with Crippen molar-refractivity contribution in [3.63, 3.8) is 0 Å². The van der Waals surface area contributed by atoms with E-state index in [1.165, 1.54) is 218 Å². The Labute approximate surface area is 464 Å². The van der Waals surface area contributed by atoms with Gasteiger partial charge in [-0.3, -0.25) is 4.79 Å². The summed E-state index contributed by atoms with van der Waals surface area (Å²) in [6.07, 6.45) is 38.2. The first-order valence-electron chi connectivity index (χ1n) is 32.3. The van der Waals surface area contributed by atoms with Crippen LogP contribution in [0.4, 0.5) is 0 Å². The molecule has 2 fully saturated rings. The number of aliphatic hydroxyl groups is 8. The number of unbranched alkanes of at least 4 members (excludes halogenated alkanes) is 40. The lowest BCUT2D eigenvalue weighted by Crippen LogP contribution is -2.65. The Balaban J connectivity index is 1.69. The molecule has 0 spiro atoms. The lowest BCUT2D eigenvalue weighted by Gasteiger charge is -2.46. The fourth-order valence-corrected chi connectivity index (χ4v) is 11.1. The molecule has 2 aliphatic heterocycles. The maximum atomic E-state index is 13.3. The van der Waals surface area contributed by atoms with Crippen LogP contribution >= 0.6 is 0 Å². The first-order chi connectivity index (χ1) is 37.1. The summed E-state index contributed by atoms with van der Waals surface area (Å²) in [7, 11) is 0. The van der Waals surface area contributed by atoms with Crippen LogP contribution in [0.5, 0.6) is 0 Å². The van der Waals surface area contributed by atoms with Gasteiger partial charge in [0, 0.05) is 6.42 Å². The van der Waals surface area contributed by atoms with Gasteiger partial charge in [0.15, 0.2) is 12.6 Å². The van der Waals surface area contributed by atoms with E-state index in [4.69, 9.17) is 18.9 Å². The summed E-state index contributed by atoms with van der Waals surface area (Å²) in [4.78, 5) is 13.3. The maximum Gasteiger partial charge on any atom is 0.220 e. The molecular weight excluding hydrogens is 967 g/mol. The monoisotopic (exact) mass is 1090 g/mol. The molecule has 0 aliphatic carbocycles. The van der Waals surface area contributed by atoms with Crippen LogP contribution in [0.2, 0.25) is 0 Å². The van der Waals surface area contributed by atoms with E-state index in [0.717, 1.165) is 51.4 Å². The quantitative estimate of drug-likeness (QED) is 0.0259. The second kappa shape index (κ2) is 48.7. The lowest BCUT2D eigenvalue weighted by molar-refractivity contribution is -0.359. The predicted octanol–water partition coefficient (Wildman–Crippen LogP) is 11.7. The summed E-state index contributed by atoms with van der Waals surface area (Å²) in [6, 6.07) is -0.823. The van der Waals surface area contributed by atoms with Crippen LogP contribution in [-0.4, -0.2) is 140 Å². The highest BCUT2D eigenvalue weighted by Crippen LogP contribution is 2.30. The molecular formula is C62H121NO13. The van der Waals surface area contributed by atoms with Gasteiger partial charge in [-0.2, -0.15) is 0 Å². The molecule has 2 heterocycles. The third kappa shape index (κ3) is 33.7. The van der Waals surface area contributed by atoms with Crippen molar-refractivity contribution in [2.45, 2.75) is 370 Å². The number of carbonyl (C=O) groups is 1. The SMILES string of the molecule is CCCCCCCCCCCCCCCCCCCCCCCCCCCC(=O)N[C@@H](CO[C@@H]1O[C@H](CO)[C@@H](O[C@@H]2O[C@H](CO)[C@H](O)C(O)C2O)C(O)C1O)[C@H](O)CCCCCCCCCCCCCCCCCCC. The lowest BCUT2D eigenvalue weighted by atomic mass is 9.97. The van der Waals surface area contributed by atoms with Crippen LogP contribution in [0.1, 0.15) is 296 Å². The summed E-state index contributed by atoms with van der Waals surface area (Å²) in [6.45, 7) is 2.91. The van der Waals surface area contributed by atoms with Crippen molar-refractivity contribution < 1.29 is 64.6 Å². The van der Waals surface area contributed by atoms with Gasteiger partial charge in [0.05, 0.1) is 32.0 Å². The van der Waals surface area contributed by atoms with Crippen LogP contribution in [-0.2, 0) is 23.7 Å². The second-order valence-corrected chi connectivity index (χ2v) is 23.3. The van der Waals surface area contributed by atoms with Gasteiger partial charge >= 0.3 is 0 Å². The zero-order valence-electron chi connectivity index (χ0n) is 48.8. The standard InChI is InChI=1S/C62H121NO13/c1-3-5-7-9-11-13-15-17-19-21-22-23-24-25-26-27-28-30-32-34-36-38-40-42-44-46-54(67)63-50(51(66)45-43-41-39-37-35-33-31-29-20-18-16-14-12-10-8-6-4-2)49-73-61-59(72)57(70)60(53(48-65)75-61)76-62-58(71)56(69)55(68)52(47-64)74-62/h50-53,55-62,64-66,68-72H,3-49H2,1-2H3,(H,63,67)/t50-,51+,52+,53+,55-,56?,57?,58?,59?,60+,61+,62-/m0/s1. The summed E-state index contributed by atoms with van der Waals surface area (Å²) >= 11 is 0. The number of hydrogen-bond acceptors (Lipinski definition) is 13. The Bertz CT molecular complexity index is 1280. The number of aliphatic hydroxyl groups excluding tert-OH is 8. The highest BCUT2D eigenvalue weighted by molar-refractivity contribution is 5.76. The second-order valence-electron chi connectivity index (χ2n) is 23.3. The topological polar surface area (TPSA) is 228 Å². The van der Waals surface area contributed by atoms with Crippen molar-refractivity contribution >= 4 is 5.91 Å². The smallest absolute Gasteiger partial charge is 0.220 e. The van der Waals surface area contributed by atoms with Gasteiger partial charge in [-0.25, -0.2) is 0 Å². The molecule has 2 saturated heterocycles. The molecule has 76 heavy (non-hydrogen) atoms. The minimum Gasteiger partial charge on any atom is -0.394 e. The molecule has 2 rings (SSSR count). The van der Waals surface area contributed by atoms with E-state index >= 15 is 0 Å². The van der Waals surface area contributed by atoms with E-state index in [1.807, 2.05) is 0 Å².